The molecular weight excluding hydrogens is 706 g/mol. The van der Waals surface area contributed by atoms with Gasteiger partial charge in [-0.1, -0.05) is 0 Å². The number of benzene rings is 4. The van der Waals surface area contributed by atoms with Crippen molar-refractivity contribution in [1.29, 1.82) is 0 Å². The first-order valence-electron chi connectivity index (χ1n) is 17.1. The second kappa shape index (κ2) is 16.4. The lowest BCUT2D eigenvalue weighted by atomic mass is 9.97. The van der Waals surface area contributed by atoms with Crippen LogP contribution in [0.5, 0.6) is 34.5 Å². The van der Waals surface area contributed by atoms with Gasteiger partial charge in [0.15, 0.2) is 23.0 Å². The van der Waals surface area contributed by atoms with E-state index in [0.717, 1.165) is 23.3 Å². The molecule has 0 amide bonds. The third-order valence-corrected chi connectivity index (χ3v) is 8.98. The Kier molecular flexibility index (Phi) is 11.5. The normalized spacial score (nSPS) is 19.3. The Morgan fingerprint density at radius 3 is 1.28 bits per heavy atom. The molecule has 0 spiro atoms. The molecule has 2 aliphatic rings. The van der Waals surface area contributed by atoms with Crippen LogP contribution in [-0.4, -0.2) is 66.6 Å². The fourth-order valence-corrected chi connectivity index (χ4v) is 6.43. The van der Waals surface area contributed by atoms with Gasteiger partial charge in [-0.25, -0.2) is 18.4 Å². The number of fused-ring (bicyclic) bond motifs is 2. The molecule has 0 saturated carbocycles. The standard InChI is InChI=1S/C40H40F2N2O10/c1-47-33-19-25-15-17-43-23-39(31(25)21-35(33)49-3,51-29-9-5-27(41)6-10-29)53-37(45)13-14-38(46)54-40(52-30-11-7-28(42)8-12-30)24-44-18-16-26-20-34(48-2)36(50-4)22-32(26)40/h5-14,19-22,43-44H,15-18,23-24H2,1-4H3/b14-13-. The zero-order valence-corrected chi connectivity index (χ0v) is 30.2. The lowest BCUT2D eigenvalue weighted by Crippen LogP contribution is -2.46. The number of hydrogen-bond acceptors (Lipinski definition) is 12. The zero-order valence-electron chi connectivity index (χ0n) is 30.2. The third-order valence-electron chi connectivity index (χ3n) is 8.98. The van der Waals surface area contributed by atoms with Gasteiger partial charge in [-0.05, 0) is 110 Å². The van der Waals surface area contributed by atoms with Crippen molar-refractivity contribution in [3.63, 3.8) is 0 Å². The van der Waals surface area contributed by atoms with Crippen molar-refractivity contribution in [3.8, 4) is 34.5 Å². The van der Waals surface area contributed by atoms with E-state index >= 15 is 0 Å². The van der Waals surface area contributed by atoms with Gasteiger partial charge in [-0.15, -0.1) is 0 Å². The van der Waals surface area contributed by atoms with Crippen LogP contribution in [0.3, 0.4) is 0 Å². The maximum Gasteiger partial charge on any atom is 0.334 e. The van der Waals surface area contributed by atoms with Crippen molar-refractivity contribution in [2.75, 3.05) is 54.6 Å². The van der Waals surface area contributed by atoms with Crippen molar-refractivity contribution < 1.29 is 56.3 Å². The predicted octanol–water partition coefficient (Wildman–Crippen LogP) is 5.10. The Labute approximate surface area is 310 Å². The van der Waals surface area contributed by atoms with Crippen LogP contribution in [0.1, 0.15) is 22.3 Å². The predicted molar refractivity (Wildman–Crippen MR) is 191 cm³/mol. The van der Waals surface area contributed by atoms with Gasteiger partial charge >= 0.3 is 11.9 Å². The number of carbonyl (C=O) groups excluding carboxylic acids is 2. The molecule has 14 heteroatoms. The van der Waals surface area contributed by atoms with Gasteiger partial charge in [0.2, 0.25) is 0 Å². The second-order valence-corrected chi connectivity index (χ2v) is 12.4. The van der Waals surface area contributed by atoms with Crippen LogP contribution < -0.4 is 39.1 Å². The van der Waals surface area contributed by atoms with Crippen LogP contribution in [-0.2, 0) is 43.5 Å². The van der Waals surface area contributed by atoms with E-state index in [4.69, 9.17) is 37.9 Å². The van der Waals surface area contributed by atoms with Crippen LogP contribution in [0.25, 0.3) is 0 Å². The van der Waals surface area contributed by atoms with Crippen LogP contribution in [0.15, 0.2) is 84.9 Å². The molecule has 0 saturated heterocycles. The fraction of sp³-hybridized carbons (Fsp3) is 0.300. The Morgan fingerprint density at radius 1 is 0.574 bits per heavy atom. The van der Waals surface area contributed by atoms with Crippen molar-refractivity contribution >= 4 is 11.9 Å². The maximum atomic E-state index is 13.9. The van der Waals surface area contributed by atoms with Gasteiger partial charge in [0.1, 0.15) is 23.1 Å². The van der Waals surface area contributed by atoms with Crippen molar-refractivity contribution in [2.24, 2.45) is 0 Å². The summed E-state index contributed by atoms with van der Waals surface area (Å²) in [5, 5.41) is 6.48. The summed E-state index contributed by atoms with van der Waals surface area (Å²) >= 11 is 0. The Balaban J connectivity index is 1.34. The van der Waals surface area contributed by atoms with Crippen molar-refractivity contribution in [3.05, 3.63) is 119 Å². The Hall–Kier alpha value is -5.86. The number of ether oxygens (including phenoxy) is 8. The fourth-order valence-electron chi connectivity index (χ4n) is 6.43. The molecular formula is C40H40F2N2O10. The van der Waals surface area contributed by atoms with E-state index in [0.29, 0.717) is 60.1 Å². The summed E-state index contributed by atoms with van der Waals surface area (Å²) in [4.78, 5) is 27.4. The lowest BCUT2D eigenvalue weighted by molar-refractivity contribution is -0.198. The summed E-state index contributed by atoms with van der Waals surface area (Å²) < 4.78 is 74.8. The minimum atomic E-state index is -1.80. The van der Waals surface area contributed by atoms with Crippen molar-refractivity contribution in [2.45, 2.75) is 24.4 Å². The number of nitrogens with one attached hydrogen (secondary N) is 2. The summed E-state index contributed by atoms with van der Waals surface area (Å²) in [5.74, 6) is -4.42. The number of rotatable bonds is 12. The van der Waals surface area contributed by atoms with Gasteiger partial charge in [0, 0.05) is 23.3 Å². The van der Waals surface area contributed by atoms with E-state index < -0.39 is 35.1 Å². The van der Waals surface area contributed by atoms with Gasteiger partial charge in [-0.3, -0.25) is 0 Å². The molecule has 0 aromatic heterocycles. The summed E-state index contributed by atoms with van der Waals surface area (Å²) in [6.07, 6.45) is 2.86. The molecule has 0 bridgehead atoms. The first-order valence-corrected chi connectivity index (χ1v) is 17.1. The number of esters is 2. The van der Waals surface area contributed by atoms with E-state index in [1.807, 2.05) is 0 Å². The van der Waals surface area contributed by atoms with E-state index in [-0.39, 0.29) is 24.6 Å². The van der Waals surface area contributed by atoms with Gasteiger partial charge < -0.3 is 48.5 Å². The molecule has 2 unspecified atom stereocenters. The molecule has 6 rings (SSSR count). The second-order valence-electron chi connectivity index (χ2n) is 12.4. The van der Waals surface area contributed by atoms with E-state index in [1.165, 1.54) is 77.0 Å². The monoisotopic (exact) mass is 746 g/mol. The van der Waals surface area contributed by atoms with Crippen molar-refractivity contribution in [1.82, 2.24) is 10.6 Å². The maximum absolute atomic E-state index is 13.9. The SMILES string of the molecule is COc1cc2c(cc1OC)C(OC(=O)/C=C\C(=O)OC1(Oc3ccc(F)cc3)CNCCc3cc(OC)c(OC)cc31)(Oc1ccc(F)cc1)CNCC2. The molecule has 54 heavy (non-hydrogen) atoms. The Bertz CT molecular complexity index is 1860. The van der Waals surface area contributed by atoms with E-state index in [9.17, 15) is 18.4 Å². The zero-order chi connectivity index (χ0) is 38.3. The first kappa shape index (κ1) is 37.9. The smallest absolute Gasteiger partial charge is 0.334 e. The quantitative estimate of drug-likeness (QED) is 0.114. The highest BCUT2D eigenvalue weighted by atomic mass is 19.1. The lowest BCUT2D eigenvalue weighted by Gasteiger charge is -2.34. The topological polar surface area (TPSA) is 132 Å². The number of carbonyl (C=O) groups is 2. The summed E-state index contributed by atoms with van der Waals surface area (Å²) in [5.41, 5.74) is 2.39. The molecule has 4 aromatic carbocycles. The summed E-state index contributed by atoms with van der Waals surface area (Å²) in [6, 6.07) is 17.4. The van der Waals surface area contributed by atoms with Gasteiger partial charge in [0.05, 0.1) is 41.5 Å². The molecule has 2 N–H and O–H groups in total. The third kappa shape index (κ3) is 8.19. The van der Waals surface area contributed by atoms with Crippen LogP contribution in [0.2, 0.25) is 0 Å². The summed E-state index contributed by atoms with van der Waals surface area (Å²) in [6.45, 7) is 0.969. The molecule has 0 aliphatic carbocycles. The molecule has 12 nitrogen and oxygen atoms in total. The highest BCUT2D eigenvalue weighted by molar-refractivity contribution is 5.92. The first-order chi connectivity index (χ1) is 26.1. The molecule has 284 valence electrons. The highest BCUT2D eigenvalue weighted by Gasteiger charge is 2.45. The molecule has 4 aromatic rings. The van der Waals surface area contributed by atoms with E-state index in [1.54, 1.807) is 24.3 Å². The number of hydrogen-bond donors (Lipinski definition) is 2. The molecule has 0 radical (unpaired) electrons. The van der Waals surface area contributed by atoms with Crippen LogP contribution in [0.4, 0.5) is 8.78 Å². The van der Waals surface area contributed by atoms with E-state index in [2.05, 4.69) is 10.6 Å². The molecule has 0 fully saturated rings. The van der Waals surface area contributed by atoms with Gasteiger partial charge in [0.25, 0.3) is 11.6 Å². The van der Waals surface area contributed by atoms with Crippen LogP contribution in [0, 0.1) is 11.6 Å². The molecule has 2 atom stereocenters. The summed E-state index contributed by atoms with van der Waals surface area (Å²) in [7, 11) is 5.97. The number of halogens is 2. The van der Waals surface area contributed by atoms with Crippen LogP contribution >= 0.6 is 0 Å². The van der Waals surface area contributed by atoms with Gasteiger partial charge in [-0.2, -0.15) is 0 Å². The molecule has 2 aliphatic heterocycles. The number of methoxy groups -OCH3 is 4. The largest absolute Gasteiger partial charge is 0.493 e. The highest BCUT2D eigenvalue weighted by Crippen LogP contribution is 2.42. The Morgan fingerprint density at radius 2 is 0.926 bits per heavy atom. The minimum absolute atomic E-state index is 0.0146. The average molecular weight is 747 g/mol. The minimum Gasteiger partial charge on any atom is -0.493 e. The average Bonchev–Trinajstić information content (AvgIpc) is 3.45. The molecule has 2 heterocycles.